The number of hydrogen-bond acceptors (Lipinski definition) is 2. The Balaban J connectivity index is 1.02. The van der Waals surface area contributed by atoms with E-state index in [9.17, 15) is 0 Å². The third-order valence-corrected chi connectivity index (χ3v) is 11.1. The van der Waals surface area contributed by atoms with Crippen LogP contribution in [-0.2, 0) is 6.42 Å². The van der Waals surface area contributed by atoms with Crippen LogP contribution in [0.2, 0.25) is 0 Å². The van der Waals surface area contributed by atoms with E-state index in [2.05, 4.69) is 181 Å². The molecule has 1 unspecified atom stereocenters. The summed E-state index contributed by atoms with van der Waals surface area (Å²) in [4.78, 5) is 0. The second-order valence-electron chi connectivity index (χ2n) is 14.5. The molecule has 1 aromatic heterocycles. The molecule has 55 heavy (non-hydrogen) atoms. The molecule has 1 aliphatic rings. The number of nitrogens with two attached hydrogens (primary N) is 2. The van der Waals surface area contributed by atoms with E-state index < -0.39 is 0 Å². The maximum Gasteiger partial charge on any atom is 0.0537 e. The van der Waals surface area contributed by atoms with Gasteiger partial charge in [-0.2, -0.15) is 0 Å². The highest BCUT2D eigenvalue weighted by Gasteiger charge is 2.20. The molecule has 9 rings (SSSR count). The quantitative estimate of drug-likeness (QED) is 0.122. The standard InChI is InChI=1S/C52H43N3/c1-35-47-32-36(26-29-50(47)55(49(35)30-31-53)42-19-3-2-4-20-42)14-5-12-25-48(54)39-17-13-18-40(34-39)51-43-21-8-10-23-45(43)52(46-24-11-9-22-44(46)51)41-28-27-37-15-6-7-16-38(37)33-41/h2-13,15-16,18-34,39H,14,17,53-54H2,1H3/b12-5-,31-30-,48-25-. The minimum atomic E-state index is 0.105. The van der Waals surface area contributed by atoms with Gasteiger partial charge in [0.05, 0.1) is 11.2 Å². The highest BCUT2D eigenvalue weighted by Crippen LogP contribution is 2.44. The summed E-state index contributed by atoms with van der Waals surface area (Å²) < 4.78 is 2.28. The predicted octanol–water partition coefficient (Wildman–Crippen LogP) is 12.6. The minimum Gasteiger partial charge on any atom is -0.405 e. The molecular weight excluding hydrogens is 667 g/mol. The first-order valence-corrected chi connectivity index (χ1v) is 19.1. The number of fused-ring (bicyclic) bond motifs is 4. The van der Waals surface area contributed by atoms with E-state index in [-0.39, 0.29) is 5.92 Å². The minimum absolute atomic E-state index is 0.105. The van der Waals surface area contributed by atoms with Crippen LogP contribution >= 0.6 is 0 Å². The topological polar surface area (TPSA) is 57.0 Å². The van der Waals surface area contributed by atoms with Gasteiger partial charge in [0.15, 0.2) is 0 Å². The number of para-hydroxylation sites is 1. The summed E-state index contributed by atoms with van der Waals surface area (Å²) in [7, 11) is 0. The van der Waals surface area contributed by atoms with Gasteiger partial charge < -0.3 is 16.0 Å². The van der Waals surface area contributed by atoms with Gasteiger partial charge in [0.2, 0.25) is 0 Å². The smallest absolute Gasteiger partial charge is 0.0537 e. The van der Waals surface area contributed by atoms with Crippen LogP contribution in [0.4, 0.5) is 0 Å². The van der Waals surface area contributed by atoms with Gasteiger partial charge in [0.1, 0.15) is 0 Å². The fourth-order valence-corrected chi connectivity index (χ4v) is 8.47. The predicted molar refractivity (Wildman–Crippen MR) is 236 cm³/mol. The van der Waals surface area contributed by atoms with Crippen LogP contribution in [-0.4, -0.2) is 4.57 Å². The number of hydrogen-bond donors (Lipinski definition) is 2. The number of benzene rings is 7. The lowest BCUT2D eigenvalue weighted by atomic mass is 9.82. The first-order chi connectivity index (χ1) is 27.1. The van der Waals surface area contributed by atoms with Crippen molar-refractivity contribution in [2.24, 2.45) is 17.4 Å². The Morgan fingerprint density at radius 2 is 1.38 bits per heavy atom. The van der Waals surface area contributed by atoms with E-state index in [1.54, 1.807) is 6.20 Å². The van der Waals surface area contributed by atoms with Crippen LogP contribution < -0.4 is 11.5 Å². The van der Waals surface area contributed by atoms with Crippen molar-refractivity contribution in [3.63, 3.8) is 0 Å². The number of aryl methyl sites for hydroxylation is 1. The van der Waals surface area contributed by atoms with E-state index in [1.807, 2.05) is 12.1 Å². The van der Waals surface area contributed by atoms with Gasteiger partial charge in [-0.15, -0.1) is 0 Å². The summed E-state index contributed by atoms with van der Waals surface area (Å²) >= 11 is 0. The van der Waals surface area contributed by atoms with E-state index in [0.717, 1.165) is 29.9 Å². The van der Waals surface area contributed by atoms with Gasteiger partial charge in [-0.3, -0.25) is 0 Å². The van der Waals surface area contributed by atoms with E-state index in [0.29, 0.717) is 0 Å². The van der Waals surface area contributed by atoms with Crippen molar-refractivity contribution in [3.8, 4) is 16.8 Å². The summed E-state index contributed by atoms with van der Waals surface area (Å²) in [6.07, 6.45) is 18.6. The van der Waals surface area contributed by atoms with Crippen LogP contribution in [0.25, 0.3) is 71.7 Å². The lowest BCUT2D eigenvalue weighted by Gasteiger charge is -2.22. The molecule has 1 atom stereocenters. The Labute approximate surface area is 322 Å². The largest absolute Gasteiger partial charge is 0.405 e. The first-order valence-electron chi connectivity index (χ1n) is 19.1. The van der Waals surface area contributed by atoms with E-state index >= 15 is 0 Å². The molecule has 1 heterocycles. The van der Waals surface area contributed by atoms with Gasteiger partial charge in [-0.05, 0) is 134 Å². The Hall–Kier alpha value is -6.84. The van der Waals surface area contributed by atoms with Gasteiger partial charge in [0.25, 0.3) is 0 Å². The third kappa shape index (κ3) is 6.24. The Morgan fingerprint density at radius 1 is 0.709 bits per heavy atom. The molecule has 7 aromatic carbocycles. The summed E-state index contributed by atoms with van der Waals surface area (Å²) in [6, 6.07) is 50.3. The fraction of sp³-hybridized carbons (Fsp3) is 0.0769. The summed E-state index contributed by atoms with van der Waals surface area (Å²) in [5, 5.41) is 8.75. The number of nitrogens with zero attached hydrogens (tertiary/aromatic N) is 1. The first kappa shape index (κ1) is 34.0. The molecule has 8 aromatic rings. The number of aromatic nitrogens is 1. The maximum atomic E-state index is 6.85. The molecule has 0 saturated heterocycles. The lowest BCUT2D eigenvalue weighted by Crippen LogP contribution is -2.11. The molecule has 1 aliphatic carbocycles. The highest BCUT2D eigenvalue weighted by molar-refractivity contribution is 6.20. The average Bonchev–Trinajstić information content (AvgIpc) is 3.51. The van der Waals surface area contributed by atoms with Gasteiger partial charge in [-0.1, -0.05) is 140 Å². The van der Waals surface area contributed by atoms with Gasteiger partial charge in [0, 0.05) is 22.7 Å². The molecule has 4 N–H and O–H groups in total. The highest BCUT2D eigenvalue weighted by atomic mass is 15.0. The number of rotatable bonds is 8. The van der Waals surface area contributed by atoms with Crippen LogP contribution in [0.15, 0.2) is 188 Å². The van der Waals surface area contributed by atoms with Gasteiger partial charge in [-0.25, -0.2) is 0 Å². The maximum absolute atomic E-state index is 6.85. The summed E-state index contributed by atoms with van der Waals surface area (Å²) in [6.45, 7) is 2.17. The van der Waals surface area contributed by atoms with Crippen molar-refractivity contribution >= 4 is 54.9 Å². The van der Waals surface area contributed by atoms with Crippen molar-refractivity contribution < 1.29 is 0 Å². The monoisotopic (exact) mass is 709 g/mol. The third-order valence-electron chi connectivity index (χ3n) is 11.1. The zero-order valence-corrected chi connectivity index (χ0v) is 31.0. The van der Waals surface area contributed by atoms with Gasteiger partial charge >= 0.3 is 0 Å². The second-order valence-corrected chi connectivity index (χ2v) is 14.5. The summed E-state index contributed by atoms with van der Waals surface area (Å²) in [5.74, 6) is 0.105. The molecule has 0 aliphatic heterocycles. The summed E-state index contributed by atoms with van der Waals surface area (Å²) in [5.41, 5.74) is 24.4. The fourth-order valence-electron chi connectivity index (χ4n) is 8.47. The van der Waals surface area contributed by atoms with Crippen molar-refractivity contribution in [2.45, 2.75) is 19.8 Å². The SMILES string of the molecule is Cc1c(/C=C\N)n(-c2ccccc2)c2ccc(C/C=C\C=C(/N)C3C=C(c4c5ccccc5c(-c5ccc6ccccc6c5)c5ccccc45)C=CC3)cc12. The average molecular weight is 710 g/mol. The Kier molecular flexibility index (Phi) is 8.97. The van der Waals surface area contributed by atoms with Crippen LogP contribution in [0.1, 0.15) is 28.8 Å². The number of allylic oxidation sites excluding steroid dienone is 7. The molecule has 3 nitrogen and oxygen atoms in total. The molecule has 0 radical (unpaired) electrons. The van der Waals surface area contributed by atoms with Crippen LogP contribution in [0, 0.1) is 12.8 Å². The molecule has 0 spiro atoms. The molecule has 0 fully saturated rings. The molecule has 0 amide bonds. The second kappa shape index (κ2) is 14.5. The van der Waals surface area contributed by atoms with Crippen LogP contribution in [0.5, 0.6) is 0 Å². The molecule has 0 saturated carbocycles. The van der Waals surface area contributed by atoms with Crippen molar-refractivity contribution in [3.05, 3.63) is 210 Å². The molecule has 0 bridgehead atoms. The Morgan fingerprint density at radius 3 is 2.11 bits per heavy atom. The molecule has 3 heteroatoms. The van der Waals surface area contributed by atoms with Crippen molar-refractivity contribution in [1.29, 1.82) is 0 Å². The van der Waals surface area contributed by atoms with Crippen molar-refractivity contribution in [1.82, 2.24) is 4.57 Å². The van der Waals surface area contributed by atoms with Crippen molar-refractivity contribution in [2.75, 3.05) is 0 Å². The molecule has 266 valence electrons. The zero-order valence-electron chi connectivity index (χ0n) is 31.0. The van der Waals surface area contributed by atoms with Crippen LogP contribution in [0.3, 0.4) is 0 Å². The normalized spacial score (nSPS) is 15.0. The Bertz CT molecular complexity index is 2840. The zero-order chi connectivity index (χ0) is 37.3. The lowest BCUT2D eigenvalue weighted by molar-refractivity contribution is 0.759. The van der Waals surface area contributed by atoms with E-state index in [1.165, 1.54) is 76.6 Å². The van der Waals surface area contributed by atoms with E-state index in [4.69, 9.17) is 11.5 Å². The molecular formula is C52H43N3.